The van der Waals surface area contributed by atoms with Crippen LogP contribution in [0.4, 0.5) is 5.82 Å². The number of benzene rings is 1. The standard InChI is InChI=1S/C16H16N2O/c1-2-14(12-13-8-4-3-5-9-13)16(19)18-15-10-6-7-11-17-15/h3-12H,2H2,1H3,(H,17,18,19)/b14-12+. The molecule has 0 aliphatic heterocycles. The molecule has 1 amide bonds. The Hall–Kier alpha value is -2.42. The Labute approximate surface area is 113 Å². The van der Waals surface area contributed by atoms with Gasteiger partial charge in [0, 0.05) is 11.8 Å². The molecule has 1 N–H and O–H groups in total. The van der Waals surface area contributed by atoms with Gasteiger partial charge in [-0.15, -0.1) is 0 Å². The van der Waals surface area contributed by atoms with Gasteiger partial charge in [0.05, 0.1) is 0 Å². The van der Waals surface area contributed by atoms with Crippen molar-refractivity contribution in [2.75, 3.05) is 5.32 Å². The maximum absolute atomic E-state index is 12.1. The molecule has 2 rings (SSSR count). The Balaban J connectivity index is 2.14. The summed E-state index contributed by atoms with van der Waals surface area (Å²) in [6, 6.07) is 15.2. The lowest BCUT2D eigenvalue weighted by Crippen LogP contribution is -2.14. The molecule has 0 saturated heterocycles. The topological polar surface area (TPSA) is 42.0 Å². The molecular weight excluding hydrogens is 236 g/mol. The lowest BCUT2D eigenvalue weighted by molar-refractivity contribution is -0.112. The van der Waals surface area contributed by atoms with Crippen molar-refractivity contribution < 1.29 is 4.79 Å². The summed E-state index contributed by atoms with van der Waals surface area (Å²) in [4.78, 5) is 16.2. The molecule has 1 aromatic carbocycles. The van der Waals surface area contributed by atoms with Crippen LogP contribution in [0.1, 0.15) is 18.9 Å². The third-order valence-electron chi connectivity index (χ3n) is 2.72. The van der Waals surface area contributed by atoms with Gasteiger partial charge in [0.1, 0.15) is 5.82 Å². The smallest absolute Gasteiger partial charge is 0.252 e. The van der Waals surface area contributed by atoms with Gasteiger partial charge in [-0.2, -0.15) is 0 Å². The molecule has 0 atom stereocenters. The SMILES string of the molecule is CC/C(=C\c1ccccc1)C(=O)Nc1ccccn1. The molecular formula is C16H16N2O. The average Bonchev–Trinajstić information content (AvgIpc) is 2.47. The number of rotatable bonds is 4. The van der Waals surface area contributed by atoms with Gasteiger partial charge in [-0.3, -0.25) is 4.79 Å². The summed E-state index contributed by atoms with van der Waals surface area (Å²) in [6.07, 6.45) is 4.23. The van der Waals surface area contributed by atoms with Crippen molar-refractivity contribution >= 4 is 17.8 Å². The lowest BCUT2D eigenvalue weighted by Gasteiger charge is -2.06. The molecule has 3 nitrogen and oxygen atoms in total. The van der Waals surface area contributed by atoms with Crippen LogP contribution in [0.2, 0.25) is 0 Å². The molecule has 0 radical (unpaired) electrons. The van der Waals surface area contributed by atoms with Crippen molar-refractivity contribution in [2.24, 2.45) is 0 Å². The second-order valence-electron chi connectivity index (χ2n) is 4.10. The van der Waals surface area contributed by atoms with Crippen molar-refractivity contribution in [1.29, 1.82) is 0 Å². The van der Waals surface area contributed by atoms with E-state index < -0.39 is 0 Å². The van der Waals surface area contributed by atoms with E-state index in [0.29, 0.717) is 12.2 Å². The normalized spacial score (nSPS) is 11.1. The molecule has 0 saturated carbocycles. The molecule has 0 unspecified atom stereocenters. The number of aromatic nitrogens is 1. The zero-order valence-electron chi connectivity index (χ0n) is 10.8. The van der Waals surface area contributed by atoms with Gasteiger partial charge in [0.15, 0.2) is 0 Å². The quantitative estimate of drug-likeness (QED) is 0.846. The molecule has 1 heterocycles. The van der Waals surface area contributed by atoms with Gasteiger partial charge in [-0.05, 0) is 30.2 Å². The number of carbonyl (C=O) groups excluding carboxylic acids is 1. The highest BCUT2D eigenvalue weighted by Crippen LogP contribution is 2.12. The van der Waals surface area contributed by atoms with Gasteiger partial charge in [0.25, 0.3) is 5.91 Å². The van der Waals surface area contributed by atoms with Gasteiger partial charge in [0.2, 0.25) is 0 Å². The summed E-state index contributed by atoms with van der Waals surface area (Å²) in [5.41, 5.74) is 1.76. The van der Waals surface area contributed by atoms with E-state index >= 15 is 0 Å². The Bertz CT molecular complexity index is 562. The highest BCUT2D eigenvalue weighted by Gasteiger charge is 2.08. The summed E-state index contributed by atoms with van der Waals surface area (Å²) < 4.78 is 0. The van der Waals surface area contributed by atoms with Crippen molar-refractivity contribution in [3.8, 4) is 0 Å². The summed E-state index contributed by atoms with van der Waals surface area (Å²) >= 11 is 0. The van der Waals surface area contributed by atoms with E-state index in [1.54, 1.807) is 12.3 Å². The first-order valence-corrected chi connectivity index (χ1v) is 6.27. The molecule has 2 aromatic rings. The zero-order chi connectivity index (χ0) is 13.5. The minimum atomic E-state index is -0.106. The van der Waals surface area contributed by atoms with Crippen LogP contribution in [-0.2, 0) is 4.79 Å². The van der Waals surface area contributed by atoms with E-state index in [2.05, 4.69) is 10.3 Å². The Morgan fingerprint density at radius 3 is 2.53 bits per heavy atom. The summed E-state index contributed by atoms with van der Waals surface area (Å²) in [5, 5.41) is 2.79. The van der Waals surface area contributed by atoms with E-state index in [0.717, 1.165) is 11.1 Å². The predicted molar refractivity (Wildman–Crippen MR) is 77.6 cm³/mol. The fourth-order valence-electron chi connectivity index (χ4n) is 1.71. The lowest BCUT2D eigenvalue weighted by atomic mass is 10.1. The number of nitrogens with one attached hydrogen (secondary N) is 1. The number of nitrogens with zero attached hydrogens (tertiary/aromatic N) is 1. The molecule has 0 bridgehead atoms. The summed E-state index contributed by atoms with van der Waals surface area (Å²) in [7, 11) is 0. The minimum absolute atomic E-state index is 0.106. The number of hydrogen-bond donors (Lipinski definition) is 1. The number of carbonyl (C=O) groups is 1. The van der Waals surface area contributed by atoms with Crippen molar-refractivity contribution in [3.05, 3.63) is 65.9 Å². The highest BCUT2D eigenvalue weighted by atomic mass is 16.1. The number of pyridine rings is 1. The second-order valence-corrected chi connectivity index (χ2v) is 4.10. The van der Waals surface area contributed by atoms with Crippen LogP contribution in [0.5, 0.6) is 0 Å². The van der Waals surface area contributed by atoms with Crippen LogP contribution in [0.25, 0.3) is 6.08 Å². The Kier molecular flexibility index (Phi) is 4.45. The summed E-state index contributed by atoms with van der Waals surface area (Å²) in [6.45, 7) is 1.97. The van der Waals surface area contributed by atoms with Crippen LogP contribution in [0, 0.1) is 0 Å². The van der Waals surface area contributed by atoms with Crippen LogP contribution >= 0.6 is 0 Å². The highest BCUT2D eigenvalue weighted by molar-refractivity contribution is 6.06. The molecule has 19 heavy (non-hydrogen) atoms. The fourth-order valence-corrected chi connectivity index (χ4v) is 1.71. The third-order valence-corrected chi connectivity index (χ3v) is 2.72. The first-order chi connectivity index (χ1) is 9.29. The minimum Gasteiger partial charge on any atom is -0.307 e. The molecule has 1 aromatic heterocycles. The Morgan fingerprint density at radius 1 is 1.16 bits per heavy atom. The first kappa shape index (κ1) is 13.0. The van der Waals surface area contributed by atoms with Gasteiger partial charge < -0.3 is 5.32 Å². The van der Waals surface area contributed by atoms with E-state index in [1.807, 2.05) is 55.5 Å². The van der Waals surface area contributed by atoms with E-state index in [-0.39, 0.29) is 5.91 Å². The summed E-state index contributed by atoms with van der Waals surface area (Å²) in [5.74, 6) is 0.463. The van der Waals surface area contributed by atoms with Crippen LogP contribution in [0.15, 0.2) is 60.3 Å². The monoisotopic (exact) mass is 252 g/mol. The van der Waals surface area contributed by atoms with Crippen molar-refractivity contribution in [1.82, 2.24) is 4.98 Å². The van der Waals surface area contributed by atoms with Crippen molar-refractivity contribution in [2.45, 2.75) is 13.3 Å². The van der Waals surface area contributed by atoms with E-state index in [1.165, 1.54) is 0 Å². The van der Waals surface area contributed by atoms with Gasteiger partial charge in [-0.25, -0.2) is 4.98 Å². The Morgan fingerprint density at radius 2 is 1.89 bits per heavy atom. The van der Waals surface area contributed by atoms with Gasteiger partial charge >= 0.3 is 0 Å². The maximum atomic E-state index is 12.1. The molecule has 96 valence electrons. The first-order valence-electron chi connectivity index (χ1n) is 6.27. The number of anilines is 1. The maximum Gasteiger partial charge on any atom is 0.252 e. The largest absolute Gasteiger partial charge is 0.307 e. The molecule has 0 fully saturated rings. The van der Waals surface area contributed by atoms with Gasteiger partial charge in [-0.1, -0.05) is 43.3 Å². The fraction of sp³-hybridized carbons (Fsp3) is 0.125. The van der Waals surface area contributed by atoms with E-state index in [9.17, 15) is 4.79 Å². The number of amides is 1. The predicted octanol–water partition coefficient (Wildman–Crippen LogP) is 3.51. The van der Waals surface area contributed by atoms with Crippen LogP contribution in [0.3, 0.4) is 0 Å². The van der Waals surface area contributed by atoms with Crippen LogP contribution < -0.4 is 5.32 Å². The molecule has 0 aliphatic carbocycles. The van der Waals surface area contributed by atoms with E-state index in [4.69, 9.17) is 0 Å². The average molecular weight is 252 g/mol. The number of hydrogen-bond acceptors (Lipinski definition) is 2. The molecule has 0 aliphatic rings. The molecule has 0 spiro atoms. The zero-order valence-corrected chi connectivity index (χ0v) is 10.8. The molecule has 3 heteroatoms. The van der Waals surface area contributed by atoms with Crippen molar-refractivity contribution in [3.63, 3.8) is 0 Å². The second kappa shape index (κ2) is 6.50. The van der Waals surface area contributed by atoms with Crippen LogP contribution in [-0.4, -0.2) is 10.9 Å². The third kappa shape index (κ3) is 3.78.